The zero-order valence-electron chi connectivity index (χ0n) is 22.0. The van der Waals surface area contributed by atoms with Crippen LogP contribution in [0.5, 0.6) is 11.5 Å². The van der Waals surface area contributed by atoms with E-state index < -0.39 is 18.2 Å². The second-order valence-electron chi connectivity index (χ2n) is 9.74. The van der Waals surface area contributed by atoms with Gasteiger partial charge in [0.2, 0.25) is 0 Å². The lowest BCUT2D eigenvalue weighted by Gasteiger charge is -2.24. The number of benzene rings is 2. The minimum absolute atomic E-state index is 0.139. The Kier molecular flexibility index (Phi) is 7.29. The Labute approximate surface area is 239 Å². The molecule has 3 atom stereocenters. The molecule has 0 bridgehead atoms. The number of H-pyrrole nitrogens is 1. The first kappa shape index (κ1) is 26.7. The van der Waals surface area contributed by atoms with Gasteiger partial charge in [0.1, 0.15) is 29.3 Å². The molecule has 0 spiro atoms. The Morgan fingerprint density at radius 3 is 2.71 bits per heavy atom. The number of hydrogen-bond acceptors (Lipinski definition) is 9. The topological polar surface area (TPSA) is 139 Å². The lowest BCUT2D eigenvalue weighted by atomic mass is 10.0. The van der Waals surface area contributed by atoms with Crippen LogP contribution in [0.2, 0.25) is 5.02 Å². The van der Waals surface area contributed by atoms with Gasteiger partial charge in [-0.3, -0.25) is 9.59 Å². The number of fused-ring (bicyclic) bond motifs is 1. The summed E-state index contributed by atoms with van der Waals surface area (Å²) in [6.07, 6.45) is 2.92. The van der Waals surface area contributed by atoms with E-state index in [0.29, 0.717) is 52.6 Å². The molecule has 2 aromatic heterocycles. The number of anilines is 1. The molecular formula is C29H26ClN5O6. The van der Waals surface area contributed by atoms with Crippen LogP contribution in [-0.2, 0) is 19.1 Å². The number of nitrogens with zero attached hydrogens (tertiary/aromatic N) is 3. The molecule has 2 aromatic carbocycles. The van der Waals surface area contributed by atoms with Crippen LogP contribution >= 0.6 is 11.6 Å². The SMILES string of the molecule is COC(=O)C1OC1C(=O)N1CCCC1CNc1ncnc2[nH]cc(C(=O)c3ccc(Oc4ccccc4)cc3Cl)c12. The molecule has 0 aliphatic carbocycles. The number of likely N-dealkylation sites (tertiary alicyclic amines) is 1. The van der Waals surface area contributed by atoms with Gasteiger partial charge in [-0.25, -0.2) is 14.8 Å². The van der Waals surface area contributed by atoms with E-state index in [2.05, 4.69) is 25.0 Å². The van der Waals surface area contributed by atoms with Crippen molar-refractivity contribution in [3.8, 4) is 11.5 Å². The van der Waals surface area contributed by atoms with E-state index in [0.717, 1.165) is 12.8 Å². The molecule has 2 aliphatic heterocycles. The van der Waals surface area contributed by atoms with E-state index in [1.54, 1.807) is 29.3 Å². The lowest BCUT2D eigenvalue weighted by molar-refractivity contribution is -0.142. The number of epoxide rings is 1. The van der Waals surface area contributed by atoms with Gasteiger partial charge in [0.15, 0.2) is 18.0 Å². The molecular weight excluding hydrogens is 550 g/mol. The van der Waals surface area contributed by atoms with Crippen LogP contribution in [0.25, 0.3) is 11.0 Å². The summed E-state index contributed by atoms with van der Waals surface area (Å²) in [5.74, 6) is 0.528. The molecule has 3 unspecified atom stereocenters. The highest BCUT2D eigenvalue weighted by atomic mass is 35.5. The van der Waals surface area contributed by atoms with Gasteiger partial charge in [-0.05, 0) is 37.1 Å². The Hall–Kier alpha value is -4.48. The predicted octanol–water partition coefficient (Wildman–Crippen LogP) is 3.98. The first-order valence-corrected chi connectivity index (χ1v) is 13.5. The van der Waals surface area contributed by atoms with Crippen molar-refractivity contribution in [1.29, 1.82) is 0 Å². The summed E-state index contributed by atoms with van der Waals surface area (Å²) in [5, 5.41) is 4.07. The number of rotatable bonds is 9. The monoisotopic (exact) mass is 575 g/mol. The summed E-state index contributed by atoms with van der Waals surface area (Å²) in [6, 6.07) is 14.1. The van der Waals surface area contributed by atoms with Crippen molar-refractivity contribution in [1.82, 2.24) is 19.9 Å². The first-order valence-electron chi connectivity index (χ1n) is 13.1. The number of nitrogens with one attached hydrogen (secondary N) is 2. The van der Waals surface area contributed by atoms with E-state index in [1.165, 1.54) is 13.4 Å². The molecule has 0 saturated carbocycles. The third-order valence-electron chi connectivity index (χ3n) is 7.21. The molecule has 2 saturated heterocycles. The van der Waals surface area contributed by atoms with Crippen LogP contribution in [0.1, 0.15) is 28.8 Å². The first-order chi connectivity index (χ1) is 19.9. The van der Waals surface area contributed by atoms with Crippen LogP contribution in [0.3, 0.4) is 0 Å². The summed E-state index contributed by atoms with van der Waals surface area (Å²) in [4.78, 5) is 51.7. The number of hydrogen-bond donors (Lipinski definition) is 2. The van der Waals surface area contributed by atoms with Crippen LogP contribution in [-0.4, -0.2) is 76.0 Å². The fourth-order valence-electron chi connectivity index (χ4n) is 5.10. The van der Waals surface area contributed by atoms with E-state index in [1.807, 2.05) is 30.3 Å². The maximum atomic E-state index is 13.6. The predicted molar refractivity (Wildman–Crippen MR) is 149 cm³/mol. The van der Waals surface area contributed by atoms with Crippen LogP contribution < -0.4 is 10.1 Å². The average Bonchev–Trinajstić information content (AvgIpc) is 3.44. The molecule has 1 amide bonds. The largest absolute Gasteiger partial charge is 0.467 e. The van der Waals surface area contributed by atoms with Gasteiger partial charge >= 0.3 is 5.97 Å². The Bertz CT molecular complexity index is 1630. The number of methoxy groups -OCH3 is 1. The number of aromatic nitrogens is 3. The number of amides is 1. The summed E-state index contributed by atoms with van der Waals surface area (Å²) in [6.45, 7) is 0.951. The van der Waals surface area contributed by atoms with Gasteiger partial charge in [0, 0.05) is 37.0 Å². The van der Waals surface area contributed by atoms with Crippen molar-refractivity contribution in [2.75, 3.05) is 25.5 Å². The van der Waals surface area contributed by atoms with Crippen LogP contribution in [0.4, 0.5) is 5.82 Å². The quantitative estimate of drug-likeness (QED) is 0.172. The highest BCUT2D eigenvalue weighted by Crippen LogP contribution is 2.32. The van der Waals surface area contributed by atoms with Crippen molar-refractivity contribution in [2.24, 2.45) is 0 Å². The third kappa shape index (κ3) is 5.33. The summed E-state index contributed by atoms with van der Waals surface area (Å²) in [5.41, 5.74) is 1.14. The number of halogens is 1. The third-order valence-corrected chi connectivity index (χ3v) is 7.53. The zero-order chi connectivity index (χ0) is 28.5. The van der Waals surface area contributed by atoms with E-state index >= 15 is 0 Å². The summed E-state index contributed by atoms with van der Waals surface area (Å²) in [7, 11) is 1.26. The highest BCUT2D eigenvalue weighted by molar-refractivity contribution is 6.35. The van der Waals surface area contributed by atoms with Gasteiger partial charge in [-0.15, -0.1) is 0 Å². The van der Waals surface area contributed by atoms with Crippen molar-refractivity contribution in [3.05, 3.63) is 77.2 Å². The van der Waals surface area contributed by atoms with E-state index in [4.69, 9.17) is 21.1 Å². The smallest absolute Gasteiger partial charge is 0.338 e. The molecule has 4 aromatic rings. The molecule has 4 heterocycles. The van der Waals surface area contributed by atoms with Gasteiger partial charge in [-0.2, -0.15) is 0 Å². The van der Waals surface area contributed by atoms with Gasteiger partial charge in [0.25, 0.3) is 5.91 Å². The number of aromatic amines is 1. The number of ketones is 1. The van der Waals surface area contributed by atoms with Gasteiger partial charge in [-0.1, -0.05) is 29.8 Å². The number of carbonyl (C=O) groups excluding carboxylic acids is 3. The molecule has 2 N–H and O–H groups in total. The molecule has 2 aliphatic rings. The molecule has 210 valence electrons. The Morgan fingerprint density at radius 1 is 1.10 bits per heavy atom. The normalized spacial score (nSPS) is 19.7. The minimum atomic E-state index is -0.845. The lowest BCUT2D eigenvalue weighted by Crippen LogP contribution is -2.42. The zero-order valence-corrected chi connectivity index (χ0v) is 22.8. The Balaban J connectivity index is 1.19. The summed E-state index contributed by atoms with van der Waals surface area (Å²) >= 11 is 6.53. The molecule has 12 heteroatoms. The minimum Gasteiger partial charge on any atom is -0.467 e. The molecule has 0 radical (unpaired) electrons. The molecule has 11 nitrogen and oxygen atoms in total. The number of ether oxygens (including phenoxy) is 3. The van der Waals surface area contributed by atoms with Crippen molar-refractivity contribution >= 4 is 46.1 Å². The van der Waals surface area contributed by atoms with E-state index in [9.17, 15) is 14.4 Å². The molecule has 41 heavy (non-hydrogen) atoms. The fourth-order valence-corrected chi connectivity index (χ4v) is 5.36. The number of carbonyl (C=O) groups is 3. The van der Waals surface area contributed by atoms with Crippen LogP contribution in [0.15, 0.2) is 61.1 Å². The maximum Gasteiger partial charge on any atom is 0.338 e. The molecule has 2 fully saturated rings. The van der Waals surface area contributed by atoms with Crippen LogP contribution in [0, 0.1) is 0 Å². The second-order valence-corrected chi connectivity index (χ2v) is 10.2. The van der Waals surface area contributed by atoms with Crippen molar-refractivity contribution in [2.45, 2.75) is 31.1 Å². The Morgan fingerprint density at radius 2 is 1.93 bits per heavy atom. The number of esters is 1. The molecule has 6 rings (SSSR count). The van der Waals surface area contributed by atoms with E-state index in [-0.39, 0.29) is 22.8 Å². The fraction of sp³-hybridized carbons (Fsp3) is 0.276. The van der Waals surface area contributed by atoms with Crippen molar-refractivity contribution < 1.29 is 28.6 Å². The highest BCUT2D eigenvalue weighted by Gasteiger charge is 2.54. The second kappa shape index (κ2) is 11.2. The standard InChI is InChI=1S/C29H26ClN5O6/c1-39-29(38)25-24(41-25)28(37)35-11-5-6-16(35)13-31-26-22-20(14-32-27(22)34-15-33-26)23(36)19-10-9-18(12-21(19)30)40-17-7-3-2-4-8-17/h2-4,7-10,12,14-16,24-25H,5-6,11,13H2,1H3,(H2,31,32,33,34). The van der Waals surface area contributed by atoms with Gasteiger partial charge < -0.3 is 29.4 Å². The summed E-state index contributed by atoms with van der Waals surface area (Å²) < 4.78 is 15.8. The van der Waals surface area contributed by atoms with Gasteiger partial charge in [0.05, 0.1) is 23.1 Å². The average molecular weight is 576 g/mol. The maximum absolute atomic E-state index is 13.6. The number of para-hydroxylation sites is 1. The van der Waals surface area contributed by atoms with Crippen molar-refractivity contribution in [3.63, 3.8) is 0 Å².